The van der Waals surface area contributed by atoms with E-state index in [1.54, 1.807) is 0 Å². The number of pyridine rings is 1. The number of hydrogen-bond donors (Lipinski definition) is 0. The zero-order valence-electron chi connectivity index (χ0n) is 10.8. The highest BCUT2D eigenvalue weighted by atomic mass is 79.9. The van der Waals surface area contributed by atoms with Crippen molar-refractivity contribution >= 4 is 26.0 Å². The Hall–Kier alpha value is -1.61. The molecule has 0 aliphatic heterocycles. The lowest BCUT2D eigenvalue weighted by atomic mass is 10.1. The zero-order valence-corrected chi connectivity index (χ0v) is 13.2. The normalized spacial score (nSPS) is 12.2. The van der Waals surface area contributed by atoms with E-state index in [9.17, 15) is 21.6 Å². The molecule has 0 fully saturated rings. The predicted molar refractivity (Wildman–Crippen MR) is 76.8 cm³/mol. The summed E-state index contributed by atoms with van der Waals surface area (Å²) in [5, 5.41) is 0. The predicted octanol–water partition coefficient (Wildman–Crippen LogP) is 3.66. The van der Waals surface area contributed by atoms with Crippen LogP contribution in [-0.2, 0) is 16.5 Å². The van der Waals surface area contributed by atoms with Crippen molar-refractivity contribution in [1.29, 1.82) is 0 Å². The molecule has 0 bridgehead atoms. The van der Waals surface area contributed by atoms with Crippen LogP contribution in [0, 0.1) is 0 Å². The minimum atomic E-state index is -5.73. The molecule has 118 valence electrons. The summed E-state index contributed by atoms with van der Waals surface area (Å²) in [6, 6.07) is 10.3. The Bertz CT molecular complexity index is 764. The molecular formula is C13H9BrF3NO3S. The fraction of sp³-hybridized carbons (Fsp3) is 0.154. The van der Waals surface area contributed by atoms with E-state index >= 15 is 0 Å². The van der Waals surface area contributed by atoms with Crippen LogP contribution in [0.5, 0.6) is 5.88 Å². The van der Waals surface area contributed by atoms with E-state index in [0.29, 0.717) is 16.5 Å². The Morgan fingerprint density at radius 3 is 2.41 bits per heavy atom. The van der Waals surface area contributed by atoms with Crippen LogP contribution in [0.3, 0.4) is 0 Å². The van der Waals surface area contributed by atoms with Gasteiger partial charge in [-0.25, -0.2) is 4.98 Å². The first-order valence-corrected chi connectivity index (χ1v) is 8.08. The van der Waals surface area contributed by atoms with E-state index in [1.165, 1.54) is 6.20 Å². The molecule has 9 heteroatoms. The monoisotopic (exact) mass is 395 g/mol. The third kappa shape index (κ3) is 3.98. The molecule has 0 saturated heterocycles. The first kappa shape index (κ1) is 16.8. The van der Waals surface area contributed by atoms with Gasteiger partial charge in [0.2, 0.25) is 5.88 Å². The molecule has 0 saturated carbocycles. The van der Waals surface area contributed by atoms with Crippen LogP contribution in [0.25, 0.3) is 0 Å². The Morgan fingerprint density at radius 2 is 1.82 bits per heavy atom. The molecule has 4 nitrogen and oxygen atoms in total. The topological polar surface area (TPSA) is 56.3 Å². The van der Waals surface area contributed by atoms with Crippen molar-refractivity contribution < 1.29 is 25.8 Å². The molecule has 22 heavy (non-hydrogen) atoms. The molecule has 0 unspecified atom stereocenters. The van der Waals surface area contributed by atoms with Crippen molar-refractivity contribution in [2.24, 2.45) is 0 Å². The zero-order chi connectivity index (χ0) is 16.4. The van der Waals surface area contributed by atoms with Gasteiger partial charge in [-0.15, -0.1) is 0 Å². The summed E-state index contributed by atoms with van der Waals surface area (Å²) in [5.74, 6) is -0.633. The van der Waals surface area contributed by atoms with Gasteiger partial charge in [-0.2, -0.15) is 21.6 Å². The van der Waals surface area contributed by atoms with Crippen molar-refractivity contribution in [3.05, 3.63) is 58.2 Å². The highest BCUT2D eigenvalue weighted by Crippen LogP contribution is 2.28. The number of aromatic nitrogens is 1. The van der Waals surface area contributed by atoms with Gasteiger partial charge in [0.15, 0.2) is 0 Å². The average Bonchev–Trinajstić information content (AvgIpc) is 2.42. The first-order valence-electron chi connectivity index (χ1n) is 5.88. The summed E-state index contributed by atoms with van der Waals surface area (Å²) >= 11 is 3.22. The minimum Gasteiger partial charge on any atom is -0.355 e. The summed E-state index contributed by atoms with van der Waals surface area (Å²) in [6.07, 6.45) is 1.58. The van der Waals surface area contributed by atoms with Crippen molar-refractivity contribution in [1.82, 2.24) is 4.98 Å². The number of alkyl halides is 3. The molecule has 0 aliphatic rings. The van der Waals surface area contributed by atoms with Gasteiger partial charge in [0, 0.05) is 16.7 Å². The lowest BCUT2D eigenvalue weighted by Crippen LogP contribution is -2.28. The largest absolute Gasteiger partial charge is 0.534 e. The average molecular weight is 396 g/mol. The summed E-state index contributed by atoms with van der Waals surface area (Å²) in [5.41, 5.74) is -4.05. The van der Waals surface area contributed by atoms with Gasteiger partial charge in [0.25, 0.3) is 0 Å². The van der Waals surface area contributed by atoms with Crippen molar-refractivity contribution in [2.75, 3.05) is 0 Å². The van der Waals surface area contributed by atoms with Gasteiger partial charge in [-0.05, 0) is 33.5 Å². The van der Waals surface area contributed by atoms with E-state index in [4.69, 9.17) is 0 Å². The molecule has 1 heterocycles. The van der Waals surface area contributed by atoms with Gasteiger partial charge in [0.05, 0.1) is 0 Å². The second-order valence-corrected chi connectivity index (χ2v) is 6.65. The van der Waals surface area contributed by atoms with Gasteiger partial charge in [-0.1, -0.05) is 30.3 Å². The van der Waals surface area contributed by atoms with Gasteiger partial charge < -0.3 is 4.18 Å². The quantitative estimate of drug-likeness (QED) is 0.585. The van der Waals surface area contributed by atoms with Crippen LogP contribution in [-0.4, -0.2) is 18.9 Å². The number of halogens is 4. The highest BCUT2D eigenvalue weighted by Gasteiger charge is 2.48. The molecule has 2 rings (SSSR count). The van der Waals surface area contributed by atoms with Gasteiger partial charge in [0.1, 0.15) is 0 Å². The summed E-state index contributed by atoms with van der Waals surface area (Å²) in [7, 11) is -5.73. The van der Waals surface area contributed by atoms with E-state index < -0.39 is 21.5 Å². The smallest absolute Gasteiger partial charge is 0.355 e. The lowest BCUT2D eigenvalue weighted by Gasteiger charge is -2.10. The number of benzene rings is 1. The maximum absolute atomic E-state index is 12.3. The number of hydrogen-bond acceptors (Lipinski definition) is 4. The first-order chi connectivity index (χ1) is 10.2. The molecule has 0 amide bonds. The van der Waals surface area contributed by atoms with Crippen LogP contribution in [0.1, 0.15) is 11.1 Å². The summed E-state index contributed by atoms with van der Waals surface area (Å²) < 4.78 is 63.4. The lowest BCUT2D eigenvalue weighted by molar-refractivity contribution is -0.0501. The molecule has 0 aliphatic carbocycles. The van der Waals surface area contributed by atoms with Crippen molar-refractivity contribution in [3.63, 3.8) is 0 Å². The Kier molecular flexibility index (Phi) is 4.76. The standard InChI is InChI=1S/C13H9BrF3NO3S/c14-11-8-18-12(21-22(19,20)13(15,16)17)7-10(11)6-9-4-2-1-3-5-9/h1-5,7-8H,6H2. The van der Waals surface area contributed by atoms with Crippen LogP contribution in [0.2, 0.25) is 0 Å². The Morgan fingerprint density at radius 1 is 1.18 bits per heavy atom. The SMILES string of the molecule is O=S(=O)(Oc1cc(Cc2ccccc2)c(Br)cn1)C(F)(F)F. The molecule has 1 aromatic heterocycles. The summed E-state index contributed by atoms with van der Waals surface area (Å²) in [6.45, 7) is 0. The van der Waals surface area contributed by atoms with E-state index in [2.05, 4.69) is 25.1 Å². The summed E-state index contributed by atoms with van der Waals surface area (Å²) in [4.78, 5) is 3.53. The minimum absolute atomic E-state index is 0.381. The molecule has 0 spiro atoms. The fourth-order valence-electron chi connectivity index (χ4n) is 1.61. The Labute approximate surface area is 133 Å². The molecule has 2 aromatic rings. The molecule has 0 N–H and O–H groups in total. The van der Waals surface area contributed by atoms with E-state index in [1.807, 2.05) is 30.3 Å². The van der Waals surface area contributed by atoms with Gasteiger partial charge >= 0.3 is 15.6 Å². The highest BCUT2D eigenvalue weighted by molar-refractivity contribution is 9.10. The molecule has 1 aromatic carbocycles. The van der Waals surface area contributed by atoms with Crippen LogP contribution in [0.4, 0.5) is 13.2 Å². The second-order valence-electron chi connectivity index (χ2n) is 4.26. The molecular weight excluding hydrogens is 387 g/mol. The maximum Gasteiger partial charge on any atom is 0.534 e. The van der Waals surface area contributed by atoms with Crippen LogP contribution >= 0.6 is 15.9 Å². The number of nitrogens with zero attached hydrogens (tertiary/aromatic N) is 1. The number of rotatable bonds is 4. The van der Waals surface area contributed by atoms with Crippen molar-refractivity contribution in [3.8, 4) is 5.88 Å². The van der Waals surface area contributed by atoms with Gasteiger partial charge in [-0.3, -0.25) is 0 Å². The molecule has 0 atom stereocenters. The maximum atomic E-state index is 12.3. The fourth-order valence-corrected chi connectivity index (χ4v) is 2.38. The van der Waals surface area contributed by atoms with E-state index in [-0.39, 0.29) is 0 Å². The van der Waals surface area contributed by atoms with Crippen molar-refractivity contribution in [2.45, 2.75) is 11.9 Å². The second kappa shape index (κ2) is 6.25. The third-order valence-electron chi connectivity index (χ3n) is 2.63. The van der Waals surface area contributed by atoms with Crippen LogP contribution < -0.4 is 4.18 Å². The third-order valence-corrected chi connectivity index (χ3v) is 4.30. The molecule has 0 radical (unpaired) electrons. The van der Waals surface area contributed by atoms with Crippen LogP contribution in [0.15, 0.2) is 47.1 Å². The van der Waals surface area contributed by atoms with E-state index in [0.717, 1.165) is 11.6 Å². The Balaban J connectivity index is 2.28.